The van der Waals surface area contributed by atoms with Crippen LogP contribution in [0.3, 0.4) is 0 Å². The highest BCUT2D eigenvalue weighted by molar-refractivity contribution is 14.1. The standard InChI is InChI=1S/C6H5IN2O3/c1-12-4-2-3-8-6(7)5(4)9(10)11/h2-3H,1H3. The first-order valence-corrected chi connectivity index (χ1v) is 4.07. The third-order valence-corrected chi connectivity index (χ3v) is 2.03. The lowest BCUT2D eigenvalue weighted by Crippen LogP contribution is -1.97. The molecule has 0 amide bonds. The molecule has 64 valence electrons. The number of nitrogens with zero attached hydrogens (tertiary/aromatic N) is 2. The van der Waals surface area contributed by atoms with Gasteiger partial charge in [-0.2, -0.15) is 0 Å². The Hall–Kier alpha value is -0.920. The molecule has 0 fully saturated rings. The first kappa shape index (κ1) is 9.17. The van der Waals surface area contributed by atoms with Gasteiger partial charge in [0, 0.05) is 12.3 Å². The smallest absolute Gasteiger partial charge is 0.342 e. The Balaban J connectivity index is 3.29. The van der Waals surface area contributed by atoms with Crippen LogP contribution in [0.4, 0.5) is 5.69 Å². The summed E-state index contributed by atoms with van der Waals surface area (Å²) in [4.78, 5) is 13.7. The van der Waals surface area contributed by atoms with Crippen LogP contribution in [0.1, 0.15) is 0 Å². The Morgan fingerprint density at radius 3 is 2.83 bits per heavy atom. The maximum Gasteiger partial charge on any atom is 0.342 e. The molecule has 0 saturated heterocycles. The zero-order valence-corrected chi connectivity index (χ0v) is 8.31. The SMILES string of the molecule is COc1ccnc(I)c1[N+](=O)[O-]. The van der Waals surface area contributed by atoms with E-state index >= 15 is 0 Å². The highest BCUT2D eigenvalue weighted by Crippen LogP contribution is 2.29. The molecule has 0 bridgehead atoms. The average Bonchev–Trinajstić information content (AvgIpc) is 2.03. The van der Waals surface area contributed by atoms with Gasteiger partial charge in [0.2, 0.25) is 5.75 Å². The lowest BCUT2D eigenvalue weighted by atomic mass is 10.4. The fraction of sp³-hybridized carbons (Fsp3) is 0.167. The highest BCUT2D eigenvalue weighted by Gasteiger charge is 2.19. The third-order valence-electron chi connectivity index (χ3n) is 1.25. The summed E-state index contributed by atoms with van der Waals surface area (Å²) >= 11 is 1.79. The van der Waals surface area contributed by atoms with Crippen molar-refractivity contribution in [2.45, 2.75) is 0 Å². The topological polar surface area (TPSA) is 65.3 Å². The van der Waals surface area contributed by atoms with Crippen LogP contribution in [0.25, 0.3) is 0 Å². The molecular formula is C6H5IN2O3. The molecule has 1 heterocycles. The Morgan fingerprint density at radius 2 is 2.42 bits per heavy atom. The maximum absolute atomic E-state index is 10.5. The molecule has 5 nitrogen and oxygen atoms in total. The summed E-state index contributed by atoms with van der Waals surface area (Å²) in [7, 11) is 1.39. The first-order valence-electron chi connectivity index (χ1n) is 2.99. The molecule has 0 spiro atoms. The molecule has 0 aliphatic carbocycles. The minimum absolute atomic E-state index is 0.0828. The minimum Gasteiger partial charge on any atom is -0.490 e. The van der Waals surface area contributed by atoms with Gasteiger partial charge in [-0.25, -0.2) is 4.98 Å². The van der Waals surface area contributed by atoms with Gasteiger partial charge >= 0.3 is 5.69 Å². The molecule has 0 unspecified atom stereocenters. The zero-order chi connectivity index (χ0) is 9.14. The second-order valence-corrected chi connectivity index (χ2v) is 2.93. The minimum atomic E-state index is -0.506. The van der Waals surface area contributed by atoms with E-state index in [4.69, 9.17) is 4.74 Å². The van der Waals surface area contributed by atoms with Gasteiger partial charge in [-0.1, -0.05) is 0 Å². The van der Waals surface area contributed by atoms with Crippen LogP contribution in [0, 0.1) is 13.8 Å². The van der Waals surface area contributed by atoms with E-state index in [0.717, 1.165) is 0 Å². The quantitative estimate of drug-likeness (QED) is 0.357. The number of rotatable bonds is 2. The summed E-state index contributed by atoms with van der Waals surface area (Å²) in [6.45, 7) is 0. The van der Waals surface area contributed by atoms with E-state index in [9.17, 15) is 10.1 Å². The van der Waals surface area contributed by atoms with Crippen LogP contribution in [0.5, 0.6) is 5.75 Å². The molecule has 0 saturated carbocycles. The van der Waals surface area contributed by atoms with Crippen LogP contribution >= 0.6 is 22.6 Å². The van der Waals surface area contributed by atoms with E-state index in [1.807, 2.05) is 0 Å². The molecule has 0 radical (unpaired) electrons. The van der Waals surface area contributed by atoms with Gasteiger partial charge in [0.25, 0.3) is 0 Å². The summed E-state index contributed by atoms with van der Waals surface area (Å²) in [5, 5.41) is 10.5. The number of aromatic nitrogens is 1. The van der Waals surface area contributed by atoms with Gasteiger partial charge in [0.05, 0.1) is 12.0 Å². The van der Waals surface area contributed by atoms with Crippen LogP contribution in [-0.2, 0) is 0 Å². The van der Waals surface area contributed by atoms with Crippen LogP contribution in [-0.4, -0.2) is 17.0 Å². The molecule has 0 atom stereocenters. The highest BCUT2D eigenvalue weighted by atomic mass is 127. The van der Waals surface area contributed by atoms with Crippen LogP contribution < -0.4 is 4.74 Å². The zero-order valence-electron chi connectivity index (χ0n) is 6.15. The van der Waals surface area contributed by atoms with Gasteiger partial charge in [0.1, 0.15) is 0 Å². The number of halogens is 1. The van der Waals surface area contributed by atoms with Gasteiger partial charge in [-0.05, 0) is 22.6 Å². The van der Waals surface area contributed by atoms with Crippen LogP contribution in [0.15, 0.2) is 12.3 Å². The molecule has 0 aliphatic heterocycles. The van der Waals surface area contributed by atoms with E-state index in [1.54, 1.807) is 22.6 Å². The summed E-state index contributed by atoms with van der Waals surface area (Å²) in [6, 6.07) is 1.46. The Bertz CT molecular complexity index is 316. The Kier molecular flexibility index (Phi) is 2.79. The predicted octanol–water partition coefficient (Wildman–Crippen LogP) is 1.60. The van der Waals surface area contributed by atoms with Crippen molar-refractivity contribution >= 4 is 28.3 Å². The van der Waals surface area contributed by atoms with Crippen molar-refractivity contribution in [1.82, 2.24) is 4.98 Å². The van der Waals surface area contributed by atoms with Crippen molar-refractivity contribution in [3.05, 3.63) is 26.1 Å². The van der Waals surface area contributed by atoms with Crippen LogP contribution in [0.2, 0.25) is 0 Å². The molecule has 6 heteroatoms. The average molecular weight is 280 g/mol. The van der Waals surface area contributed by atoms with Crippen molar-refractivity contribution in [3.8, 4) is 5.75 Å². The fourth-order valence-corrected chi connectivity index (χ4v) is 1.37. The van der Waals surface area contributed by atoms with Crippen molar-refractivity contribution in [3.63, 3.8) is 0 Å². The molecule has 1 rings (SSSR count). The fourth-order valence-electron chi connectivity index (χ4n) is 0.742. The molecule has 12 heavy (non-hydrogen) atoms. The van der Waals surface area contributed by atoms with Crippen molar-refractivity contribution in [2.24, 2.45) is 0 Å². The molecule has 0 aliphatic rings. The maximum atomic E-state index is 10.5. The Labute approximate surface area is 82.0 Å². The number of pyridine rings is 1. The van der Waals surface area contributed by atoms with E-state index in [0.29, 0.717) is 3.70 Å². The van der Waals surface area contributed by atoms with Gasteiger partial charge in [0.15, 0.2) is 3.70 Å². The van der Waals surface area contributed by atoms with Crippen molar-refractivity contribution in [1.29, 1.82) is 0 Å². The van der Waals surface area contributed by atoms with Gasteiger partial charge in [-0.3, -0.25) is 10.1 Å². The number of nitro groups is 1. The Morgan fingerprint density at radius 1 is 1.75 bits per heavy atom. The summed E-state index contributed by atoms with van der Waals surface area (Å²) in [5.41, 5.74) is -0.0828. The van der Waals surface area contributed by atoms with E-state index in [1.165, 1.54) is 19.4 Å². The van der Waals surface area contributed by atoms with E-state index in [-0.39, 0.29) is 11.4 Å². The predicted molar refractivity (Wildman–Crippen MR) is 50.2 cm³/mol. The molecular weight excluding hydrogens is 275 g/mol. The number of hydrogen-bond donors (Lipinski definition) is 0. The van der Waals surface area contributed by atoms with E-state index in [2.05, 4.69) is 4.98 Å². The largest absolute Gasteiger partial charge is 0.490 e. The summed E-state index contributed by atoms with van der Waals surface area (Å²) in [6.07, 6.45) is 1.47. The third kappa shape index (κ3) is 1.63. The number of ether oxygens (including phenoxy) is 1. The molecule has 1 aromatic heterocycles. The number of methoxy groups -OCH3 is 1. The second-order valence-electron chi connectivity index (χ2n) is 1.91. The molecule has 0 N–H and O–H groups in total. The van der Waals surface area contributed by atoms with Gasteiger partial charge in [-0.15, -0.1) is 0 Å². The van der Waals surface area contributed by atoms with E-state index < -0.39 is 4.92 Å². The molecule has 0 aromatic carbocycles. The van der Waals surface area contributed by atoms with Crippen molar-refractivity contribution in [2.75, 3.05) is 7.11 Å². The lowest BCUT2D eigenvalue weighted by Gasteiger charge is -2.00. The van der Waals surface area contributed by atoms with Gasteiger partial charge < -0.3 is 4.74 Å². The first-order chi connectivity index (χ1) is 5.66. The number of hydrogen-bond acceptors (Lipinski definition) is 4. The molecule has 1 aromatic rings. The summed E-state index contributed by atoms with van der Waals surface area (Å²) in [5.74, 6) is 0.236. The second kappa shape index (κ2) is 3.65. The van der Waals surface area contributed by atoms with Crippen molar-refractivity contribution < 1.29 is 9.66 Å². The monoisotopic (exact) mass is 280 g/mol. The lowest BCUT2D eigenvalue weighted by molar-refractivity contribution is -0.387. The normalized spacial score (nSPS) is 9.50. The summed E-state index contributed by atoms with van der Waals surface area (Å²) < 4.78 is 5.13.